The molecule has 0 fully saturated rings. The van der Waals surface area contributed by atoms with E-state index < -0.39 is 0 Å². The standard InChI is InChI=1S/C13H15ClN4O/c1-10-8-12(14)11(9-16-10)13(19)15-4-2-6-18-7-3-5-17-18/h3,5,7-9H,2,4,6H2,1H3,(H,15,19). The highest BCUT2D eigenvalue weighted by molar-refractivity contribution is 6.33. The van der Waals surface area contributed by atoms with Crippen LogP contribution in [0.1, 0.15) is 22.5 Å². The SMILES string of the molecule is Cc1cc(Cl)c(C(=O)NCCCn2cccn2)cn1. The van der Waals surface area contributed by atoms with Crippen molar-refractivity contribution in [2.75, 3.05) is 6.54 Å². The van der Waals surface area contributed by atoms with Crippen molar-refractivity contribution < 1.29 is 4.79 Å². The van der Waals surface area contributed by atoms with E-state index in [1.807, 2.05) is 23.9 Å². The number of hydrogen-bond acceptors (Lipinski definition) is 3. The molecule has 2 aromatic rings. The molecule has 0 unspecified atom stereocenters. The monoisotopic (exact) mass is 278 g/mol. The summed E-state index contributed by atoms with van der Waals surface area (Å²) < 4.78 is 1.83. The number of halogens is 1. The van der Waals surface area contributed by atoms with E-state index in [0.29, 0.717) is 17.1 Å². The Kier molecular flexibility index (Phi) is 4.52. The van der Waals surface area contributed by atoms with Gasteiger partial charge in [-0.1, -0.05) is 11.6 Å². The van der Waals surface area contributed by atoms with E-state index in [4.69, 9.17) is 11.6 Å². The molecule has 0 spiro atoms. The molecule has 0 aliphatic carbocycles. The molecule has 0 aromatic carbocycles. The van der Waals surface area contributed by atoms with Crippen LogP contribution in [0.4, 0.5) is 0 Å². The number of carbonyl (C=O) groups excluding carboxylic acids is 1. The van der Waals surface area contributed by atoms with Crippen LogP contribution in [0.25, 0.3) is 0 Å². The van der Waals surface area contributed by atoms with Crippen molar-refractivity contribution in [2.45, 2.75) is 19.9 Å². The van der Waals surface area contributed by atoms with Crippen molar-refractivity contribution in [3.05, 3.63) is 47.0 Å². The zero-order chi connectivity index (χ0) is 13.7. The molecule has 2 aromatic heterocycles. The number of aromatic nitrogens is 3. The molecule has 0 radical (unpaired) electrons. The van der Waals surface area contributed by atoms with Gasteiger partial charge in [-0.05, 0) is 25.5 Å². The van der Waals surface area contributed by atoms with Gasteiger partial charge in [-0.25, -0.2) is 0 Å². The number of nitrogens with zero attached hydrogens (tertiary/aromatic N) is 3. The van der Waals surface area contributed by atoms with Gasteiger partial charge in [-0.3, -0.25) is 14.5 Å². The van der Waals surface area contributed by atoms with Crippen molar-refractivity contribution >= 4 is 17.5 Å². The van der Waals surface area contributed by atoms with Crippen LogP contribution in [-0.4, -0.2) is 27.2 Å². The maximum absolute atomic E-state index is 11.9. The fourth-order valence-electron chi connectivity index (χ4n) is 1.66. The Balaban J connectivity index is 1.81. The summed E-state index contributed by atoms with van der Waals surface area (Å²) >= 11 is 6.00. The topological polar surface area (TPSA) is 59.8 Å². The molecule has 2 heterocycles. The second-order valence-electron chi connectivity index (χ2n) is 4.18. The van der Waals surface area contributed by atoms with Crippen LogP contribution >= 0.6 is 11.6 Å². The normalized spacial score (nSPS) is 10.4. The van der Waals surface area contributed by atoms with Crippen LogP contribution in [0.3, 0.4) is 0 Å². The highest BCUT2D eigenvalue weighted by Crippen LogP contribution is 2.15. The van der Waals surface area contributed by atoms with Crippen LogP contribution < -0.4 is 5.32 Å². The first kappa shape index (κ1) is 13.5. The molecule has 0 atom stereocenters. The van der Waals surface area contributed by atoms with Gasteiger partial charge in [0, 0.05) is 37.4 Å². The van der Waals surface area contributed by atoms with Gasteiger partial charge >= 0.3 is 0 Å². The minimum Gasteiger partial charge on any atom is -0.352 e. The van der Waals surface area contributed by atoms with Crippen LogP contribution in [0, 0.1) is 6.92 Å². The van der Waals surface area contributed by atoms with Crippen molar-refractivity contribution in [3.63, 3.8) is 0 Å². The van der Waals surface area contributed by atoms with Gasteiger partial charge in [0.15, 0.2) is 0 Å². The molecule has 1 N–H and O–H groups in total. The fourth-order valence-corrected chi connectivity index (χ4v) is 1.96. The smallest absolute Gasteiger partial charge is 0.254 e. The molecular formula is C13H15ClN4O. The van der Waals surface area contributed by atoms with E-state index in [1.54, 1.807) is 12.3 Å². The third kappa shape index (κ3) is 3.79. The lowest BCUT2D eigenvalue weighted by Gasteiger charge is -2.07. The maximum Gasteiger partial charge on any atom is 0.254 e. The van der Waals surface area contributed by atoms with Crippen LogP contribution in [-0.2, 0) is 6.54 Å². The van der Waals surface area contributed by atoms with Crippen LogP contribution in [0.15, 0.2) is 30.7 Å². The van der Waals surface area contributed by atoms with Crippen LogP contribution in [0.2, 0.25) is 5.02 Å². The Bertz CT molecular complexity index is 554. The van der Waals surface area contributed by atoms with Crippen LogP contribution in [0.5, 0.6) is 0 Å². The Morgan fingerprint density at radius 3 is 3.05 bits per heavy atom. The fraction of sp³-hybridized carbons (Fsp3) is 0.308. The quantitative estimate of drug-likeness (QED) is 0.852. The minimum absolute atomic E-state index is 0.196. The van der Waals surface area contributed by atoms with E-state index in [2.05, 4.69) is 15.4 Å². The minimum atomic E-state index is -0.196. The average Bonchev–Trinajstić information content (AvgIpc) is 2.87. The molecular weight excluding hydrogens is 264 g/mol. The molecule has 2 rings (SSSR count). The number of hydrogen-bond donors (Lipinski definition) is 1. The summed E-state index contributed by atoms with van der Waals surface area (Å²) in [6.45, 7) is 3.17. The summed E-state index contributed by atoms with van der Waals surface area (Å²) in [4.78, 5) is 16.0. The summed E-state index contributed by atoms with van der Waals surface area (Å²) in [5, 5.41) is 7.33. The number of nitrogens with one attached hydrogen (secondary N) is 1. The lowest BCUT2D eigenvalue weighted by atomic mass is 10.2. The van der Waals surface area contributed by atoms with Gasteiger partial charge in [0.2, 0.25) is 0 Å². The Labute approximate surface area is 116 Å². The van der Waals surface area contributed by atoms with E-state index >= 15 is 0 Å². The number of rotatable bonds is 5. The second-order valence-corrected chi connectivity index (χ2v) is 4.59. The van der Waals surface area contributed by atoms with Gasteiger partial charge in [0.25, 0.3) is 5.91 Å². The first-order valence-corrected chi connectivity index (χ1v) is 6.42. The van der Waals surface area contributed by atoms with Crippen molar-refractivity contribution in [3.8, 4) is 0 Å². The lowest BCUT2D eigenvalue weighted by Crippen LogP contribution is -2.25. The second kappa shape index (κ2) is 6.33. The van der Waals surface area contributed by atoms with Crippen molar-refractivity contribution in [2.24, 2.45) is 0 Å². The van der Waals surface area contributed by atoms with E-state index in [0.717, 1.165) is 18.7 Å². The van der Waals surface area contributed by atoms with E-state index in [1.165, 1.54) is 6.20 Å². The molecule has 1 amide bonds. The van der Waals surface area contributed by atoms with Gasteiger partial charge in [-0.15, -0.1) is 0 Å². The summed E-state index contributed by atoms with van der Waals surface area (Å²) in [5.74, 6) is -0.196. The first-order valence-electron chi connectivity index (χ1n) is 6.04. The first-order chi connectivity index (χ1) is 9.16. The van der Waals surface area contributed by atoms with Gasteiger partial charge in [0.05, 0.1) is 10.6 Å². The number of amides is 1. The molecule has 0 saturated carbocycles. The predicted octanol–water partition coefficient (Wildman–Crippen LogP) is 2.06. The van der Waals surface area contributed by atoms with E-state index in [9.17, 15) is 4.79 Å². The number of pyridine rings is 1. The summed E-state index contributed by atoms with van der Waals surface area (Å²) in [7, 11) is 0. The molecule has 0 aliphatic heterocycles. The van der Waals surface area contributed by atoms with E-state index in [-0.39, 0.29) is 5.91 Å². The summed E-state index contributed by atoms with van der Waals surface area (Å²) in [6, 6.07) is 3.55. The average molecular weight is 279 g/mol. The number of aryl methyl sites for hydroxylation is 2. The molecule has 6 heteroatoms. The highest BCUT2D eigenvalue weighted by Gasteiger charge is 2.10. The Hall–Kier alpha value is -1.88. The zero-order valence-corrected chi connectivity index (χ0v) is 11.4. The Morgan fingerprint density at radius 2 is 2.37 bits per heavy atom. The molecule has 0 aliphatic rings. The van der Waals surface area contributed by atoms with Gasteiger partial charge < -0.3 is 5.32 Å². The maximum atomic E-state index is 11.9. The lowest BCUT2D eigenvalue weighted by molar-refractivity contribution is 0.0952. The Morgan fingerprint density at radius 1 is 1.53 bits per heavy atom. The highest BCUT2D eigenvalue weighted by atomic mass is 35.5. The number of carbonyl (C=O) groups is 1. The summed E-state index contributed by atoms with van der Waals surface area (Å²) in [5.41, 5.74) is 1.20. The van der Waals surface area contributed by atoms with Gasteiger partial charge in [0.1, 0.15) is 0 Å². The molecule has 5 nitrogen and oxygen atoms in total. The molecule has 19 heavy (non-hydrogen) atoms. The predicted molar refractivity (Wildman–Crippen MR) is 73.2 cm³/mol. The molecule has 0 bridgehead atoms. The molecule has 0 saturated heterocycles. The van der Waals surface area contributed by atoms with Crippen molar-refractivity contribution in [1.29, 1.82) is 0 Å². The largest absolute Gasteiger partial charge is 0.352 e. The third-order valence-corrected chi connectivity index (χ3v) is 2.96. The van der Waals surface area contributed by atoms with Gasteiger partial charge in [-0.2, -0.15) is 5.10 Å². The van der Waals surface area contributed by atoms with Crippen molar-refractivity contribution in [1.82, 2.24) is 20.1 Å². The molecule has 100 valence electrons. The third-order valence-electron chi connectivity index (χ3n) is 2.64. The zero-order valence-electron chi connectivity index (χ0n) is 10.6. The summed E-state index contributed by atoms with van der Waals surface area (Å²) in [6.07, 6.45) is 5.93.